The summed E-state index contributed by atoms with van der Waals surface area (Å²) in [6.07, 6.45) is 3.13. The number of nitrogens with one attached hydrogen (secondary N) is 1. The molecule has 0 amide bonds. The van der Waals surface area contributed by atoms with Crippen molar-refractivity contribution in [2.75, 3.05) is 13.2 Å². The third-order valence-electron chi connectivity index (χ3n) is 4.49. The average Bonchev–Trinajstić information content (AvgIpc) is 3.07. The number of benzene rings is 1. The molecule has 0 radical (unpaired) electrons. The quantitative estimate of drug-likeness (QED) is 0.852. The number of ether oxygens (including phenoxy) is 1. The number of nitrogens with zero attached hydrogens (tertiary/aromatic N) is 2. The molecule has 3 rings (SSSR count). The lowest BCUT2D eigenvalue weighted by atomic mass is 10.1. The molecule has 128 valence electrons. The lowest BCUT2D eigenvalue weighted by Gasteiger charge is -2.21. The molecule has 0 unspecified atom stereocenters. The van der Waals surface area contributed by atoms with E-state index in [-0.39, 0.29) is 23.9 Å². The third-order valence-corrected chi connectivity index (χ3v) is 4.49. The first-order valence-electron chi connectivity index (χ1n) is 8.53. The summed E-state index contributed by atoms with van der Waals surface area (Å²) in [6, 6.07) is 7.79. The molecular weight excluding hydrogens is 306 g/mol. The van der Waals surface area contributed by atoms with Crippen molar-refractivity contribution in [2.24, 2.45) is 0 Å². The highest BCUT2D eigenvalue weighted by molar-refractivity contribution is 5.89. The van der Waals surface area contributed by atoms with Crippen LogP contribution < -0.4 is 10.9 Å². The van der Waals surface area contributed by atoms with Gasteiger partial charge in [0.1, 0.15) is 0 Å². The average molecular weight is 329 g/mol. The molecule has 1 aromatic carbocycles. The molecule has 0 saturated carbocycles. The highest BCUT2D eigenvalue weighted by Gasteiger charge is 2.24. The molecule has 0 spiro atoms. The Kier molecular flexibility index (Phi) is 4.94. The van der Waals surface area contributed by atoms with Crippen LogP contribution in [-0.4, -0.2) is 34.7 Å². The Balaban J connectivity index is 2.07. The second-order valence-corrected chi connectivity index (χ2v) is 6.22. The zero-order valence-electron chi connectivity index (χ0n) is 14.1. The lowest BCUT2D eigenvalue weighted by molar-refractivity contribution is 0.0516. The standard InChI is InChI=1S/C18H23N3O3/c1-3-24-18(23)16-17(22)21(12(2)11-13-7-6-10-19-13)15-9-5-4-8-14(15)20-16/h4-5,8-9,12-13,19H,3,6-7,10-11H2,1-2H3/t12-,13-/m0/s1. The summed E-state index contributed by atoms with van der Waals surface area (Å²) in [5, 5.41) is 3.46. The Morgan fingerprint density at radius 2 is 2.25 bits per heavy atom. The number of carbonyl (C=O) groups is 1. The summed E-state index contributed by atoms with van der Waals surface area (Å²) in [4.78, 5) is 29.3. The van der Waals surface area contributed by atoms with Crippen LogP contribution in [0.25, 0.3) is 11.0 Å². The highest BCUT2D eigenvalue weighted by atomic mass is 16.5. The Hall–Kier alpha value is -2.21. The van der Waals surface area contributed by atoms with Crippen molar-refractivity contribution in [2.45, 2.75) is 45.2 Å². The SMILES string of the molecule is CCOC(=O)c1nc2ccccc2n([C@@H](C)C[C@@H]2CCCN2)c1=O. The summed E-state index contributed by atoms with van der Waals surface area (Å²) in [6.45, 7) is 4.97. The maximum Gasteiger partial charge on any atom is 0.362 e. The number of rotatable bonds is 5. The number of aromatic nitrogens is 2. The van der Waals surface area contributed by atoms with Crippen LogP contribution in [0, 0.1) is 0 Å². The van der Waals surface area contributed by atoms with Crippen LogP contribution in [0.1, 0.15) is 49.6 Å². The molecule has 6 nitrogen and oxygen atoms in total. The van der Waals surface area contributed by atoms with Gasteiger partial charge in [0.2, 0.25) is 5.69 Å². The molecule has 2 heterocycles. The van der Waals surface area contributed by atoms with E-state index in [9.17, 15) is 9.59 Å². The van der Waals surface area contributed by atoms with Crippen molar-refractivity contribution in [1.29, 1.82) is 0 Å². The van der Waals surface area contributed by atoms with Gasteiger partial charge in [-0.05, 0) is 51.8 Å². The molecule has 1 aliphatic heterocycles. The molecule has 1 aliphatic rings. The van der Waals surface area contributed by atoms with Crippen molar-refractivity contribution in [3.8, 4) is 0 Å². The van der Waals surface area contributed by atoms with E-state index in [0.717, 1.165) is 31.3 Å². The minimum absolute atomic E-state index is 0.0332. The van der Waals surface area contributed by atoms with Crippen molar-refractivity contribution in [3.05, 3.63) is 40.3 Å². The zero-order chi connectivity index (χ0) is 17.1. The Morgan fingerprint density at radius 3 is 2.96 bits per heavy atom. The maximum atomic E-state index is 12.9. The molecule has 0 bridgehead atoms. The molecule has 1 saturated heterocycles. The van der Waals surface area contributed by atoms with Gasteiger partial charge in [0.25, 0.3) is 5.56 Å². The first-order valence-corrected chi connectivity index (χ1v) is 8.53. The van der Waals surface area contributed by atoms with E-state index in [1.807, 2.05) is 31.2 Å². The predicted octanol–water partition coefficient (Wildman–Crippen LogP) is 2.28. The van der Waals surface area contributed by atoms with Gasteiger partial charge in [-0.3, -0.25) is 4.79 Å². The summed E-state index contributed by atoms with van der Waals surface area (Å²) in [5.41, 5.74) is 0.867. The van der Waals surface area contributed by atoms with E-state index >= 15 is 0 Å². The number of hydrogen-bond donors (Lipinski definition) is 1. The first-order chi connectivity index (χ1) is 11.6. The monoisotopic (exact) mass is 329 g/mol. The van der Waals surface area contributed by atoms with Crippen LogP contribution in [0.4, 0.5) is 0 Å². The summed E-state index contributed by atoms with van der Waals surface area (Å²) < 4.78 is 6.69. The second-order valence-electron chi connectivity index (χ2n) is 6.22. The van der Waals surface area contributed by atoms with Gasteiger partial charge in [-0.25, -0.2) is 9.78 Å². The third kappa shape index (κ3) is 3.19. The minimum atomic E-state index is -0.659. The van der Waals surface area contributed by atoms with Crippen molar-refractivity contribution in [1.82, 2.24) is 14.9 Å². The second kappa shape index (κ2) is 7.13. The van der Waals surface area contributed by atoms with Gasteiger partial charge in [-0.15, -0.1) is 0 Å². The molecule has 1 fully saturated rings. The Morgan fingerprint density at radius 1 is 1.46 bits per heavy atom. The maximum absolute atomic E-state index is 12.9. The van der Waals surface area contributed by atoms with Gasteiger partial charge in [0.05, 0.1) is 17.6 Å². The molecule has 1 N–H and O–H groups in total. The molecule has 6 heteroatoms. The lowest BCUT2D eigenvalue weighted by Crippen LogP contribution is -2.34. The number of carbonyl (C=O) groups excluding carboxylic acids is 1. The largest absolute Gasteiger partial charge is 0.461 e. The fraction of sp³-hybridized carbons (Fsp3) is 0.500. The Labute approximate surface area is 140 Å². The van der Waals surface area contributed by atoms with E-state index in [1.165, 1.54) is 0 Å². The number of para-hydroxylation sites is 2. The molecule has 0 aliphatic carbocycles. The molecule has 2 aromatic rings. The highest BCUT2D eigenvalue weighted by Crippen LogP contribution is 2.21. The van der Waals surface area contributed by atoms with E-state index in [0.29, 0.717) is 11.6 Å². The number of hydrogen-bond acceptors (Lipinski definition) is 5. The van der Waals surface area contributed by atoms with Crippen LogP contribution in [0.2, 0.25) is 0 Å². The van der Waals surface area contributed by atoms with Gasteiger partial charge < -0.3 is 14.6 Å². The van der Waals surface area contributed by atoms with Crippen LogP contribution in [0.5, 0.6) is 0 Å². The topological polar surface area (TPSA) is 73.2 Å². The van der Waals surface area contributed by atoms with E-state index in [4.69, 9.17) is 4.74 Å². The predicted molar refractivity (Wildman–Crippen MR) is 92.3 cm³/mol. The van der Waals surface area contributed by atoms with Gasteiger partial charge in [-0.2, -0.15) is 0 Å². The van der Waals surface area contributed by atoms with Crippen molar-refractivity contribution < 1.29 is 9.53 Å². The molecule has 2 atom stereocenters. The first kappa shape index (κ1) is 16.6. The number of fused-ring (bicyclic) bond motifs is 1. The van der Waals surface area contributed by atoms with Crippen LogP contribution in [0.3, 0.4) is 0 Å². The summed E-state index contributed by atoms with van der Waals surface area (Å²) in [5.74, 6) is -0.659. The van der Waals surface area contributed by atoms with Gasteiger partial charge in [0, 0.05) is 12.1 Å². The van der Waals surface area contributed by atoms with Gasteiger partial charge >= 0.3 is 5.97 Å². The fourth-order valence-electron chi connectivity index (χ4n) is 3.40. The van der Waals surface area contributed by atoms with Crippen molar-refractivity contribution in [3.63, 3.8) is 0 Å². The summed E-state index contributed by atoms with van der Waals surface area (Å²) in [7, 11) is 0. The summed E-state index contributed by atoms with van der Waals surface area (Å²) >= 11 is 0. The van der Waals surface area contributed by atoms with Crippen LogP contribution in [0.15, 0.2) is 29.1 Å². The van der Waals surface area contributed by atoms with Crippen LogP contribution >= 0.6 is 0 Å². The molecule has 24 heavy (non-hydrogen) atoms. The number of esters is 1. The minimum Gasteiger partial charge on any atom is -0.461 e. The van der Waals surface area contributed by atoms with E-state index in [1.54, 1.807) is 11.5 Å². The molecular formula is C18H23N3O3. The fourth-order valence-corrected chi connectivity index (χ4v) is 3.40. The Bertz CT molecular complexity index is 794. The van der Waals surface area contributed by atoms with Gasteiger partial charge in [-0.1, -0.05) is 12.1 Å². The van der Waals surface area contributed by atoms with E-state index < -0.39 is 5.97 Å². The zero-order valence-corrected chi connectivity index (χ0v) is 14.1. The van der Waals surface area contributed by atoms with E-state index in [2.05, 4.69) is 10.3 Å². The van der Waals surface area contributed by atoms with Gasteiger partial charge in [0.15, 0.2) is 0 Å². The van der Waals surface area contributed by atoms with Crippen LogP contribution in [-0.2, 0) is 4.74 Å². The smallest absolute Gasteiger partial charge is 0.362 e. The molecule has 1 aromatic heterocycles. The van der Waals surface area contributed by atoms with Crippen molar-refractivity contribution >= 4 is 17.0 Å². The normalized spacial score (nSPS) is 18.7.